The highest BCUT2D eigenvalue weighted by molar-refractivity contribution is 5.27. The Bertz CT molecular complexity index is 350. The maximum absolute atomic E-state index is 6.48. The second-order valence-electron chi connectivity index (χ2n) is 5.54. The number of ether oxygens (including phenoxy) is 1. The van der Waals surface area contributed by atoms with Crippen molar-refractivity contribution in [2.75, 3.05) is 13.2 Å². The molecular formula is C15H23NO. The summed E-state index contributed by atoms with van der Waals surface area (Å²) in [7, 11) is 0. The minimum absolute atomic E-state index is 0.213. The fraction of sp³-hybridized carbons (Fsp3) is 0.600. The zero-order chi connectivity index (χ0) is 12.3. The Labute approximate surface area is 104 Å². The summed E-state index contributed by atoms with van der Waals surface area (Å²) >= 11 is 0. The average Bonchev–Trinajstić information content (AvgIpc) is 2.30. The minimum atomic E-state index is -0.213. The zero-order valence-electron chi connectivity index (χ0n) is 10.9. The van der Waals surface area contributed by atoms with Crippen molar-refractivity contribution in [1.29, 1.82) is 0 Å². The van der Waals surface area contributed by atoms with Crippen LogP contribution >= 0.6 is 0 Å². The molecule has 1 aliphatic heterocycles. The first kappa shape index (κ1) is 12.6. The molecule has 1 saturated heterocycles. The number of hydrogen-bond donors (Lipinski definition) is 1. The van der Waals surface area contributed by atoms with Gasteiger partial charge in [-0.3, -0.25) is 0 Å². The van der Waals surface area contributed by atoms with Crippen LogP contribution in [0.5, 0.6) is 0 Å². The van der Waals surface area contributed by atoms with Crippen LogP contribution in [-0.2, 0) is 10.3 Å². The number of hydrogen-bond acceptors (Lipinski definition) is 2. The predicted octanol–water partition coefficient (Wildman–Crippen LogP) is 2.99. The van der Waals surface area contributed by atoms with E-state index < -0.39 is 0 Å². The van der Waals surface area contributed by atoms with E-state index >= 15 is 0 Å². The molecule has 0 radical (unpaired) electrons. The lowest BCUT2D eigenvalue weighted by molar-refractivity contribution is 0.0570. The fourth-order valence-corrected chi connectivity index (χ4v) is 2.60. The smallest absolute Gasteiger partial charge is 0.0468 e. The van der Waals surface area contributed by atoms with Crippen LogP contribution in [0.2, 0.25) is 0 Å². The van der Waals surface area contributed by atoms with Gasteiger partial charge in [-0.1, -0.05) is 29.8 Å². The van der Waals surface area contributed by atoms with Gasteiger partial charge < -0.3 is 10.5 Å². The van der Waals surface area contributed by atoms with Gasteiger partial charge in [0.25, 0.3) is 0 Å². The van der Waals surface area contributed by atoms with Crippen molar-refractivity contribution in [2.45, 2.75) is 38.6 Å². The van der Waals surface area contributed by atoms with E-state index in [1.165, 1.54) is 11.1 Å². The van der Waals surface area contributed by atoms with Gasteiger partial charge in [0, 0.05) is 18.8 Å². The van der Waals surface area contributed by atoms with Crippen LogP contribution < -0.4 is 5.73 Å². The monoisotopic (exact) mass is 233 g/mol. The van der Waals surface area contributed by atoms with E-state index in [4.69, 9.17) is 10.5 Å². The normalized spacial score (nSPS) is 21.1. The molecule has 94 valence electrons. The molecule has 0 spiro atoms. The molecule has 0 saturated carbocycles. The summed E-state index contributed by atoms with van der Waals surface area (Å²) in [5.74, 6) is 0.708. The zero-order valence-corrected chi connectivity index (χ0v) is 10.9. The third kappa shape index (κ3) is 3.30. The fourth-order valence-electron chi connectivity index (χ4n) is 2.60. The molecule has 0 bridgehead atoms. The lowest BCUT2D eigenvalue weighted by Gasteiger charge is -2.32. The van der Waals surface area contributed by atoms with Gasteiger partial charge >= 0.3 is 0 Å². The molecule has 1 fully saturated rings. The molecular weight excluding hydrogens is 210 g/mol. The number of aryl methyl sites for hydroxylation is 1. The Balaban J connectivity index is 2.04. The second kappa shape index (κ2) is 5.19. The minimum Gasteiger partial charge on any atom is -0.381 e. The number of nitrogens with two attached hydrogens (primary N) is 1. The van der Waals surface area contributed by atoms with E-state index in [9.17, 15) is 0 Å². The van der Waals surface area contributed by atoms with E-state index in [0.29, 0.717) is 5.92 Å². The van der Waals surface area contributed by atoms with Gasteiger partial charge in [0.05, 0.1) is 0 Å². The van der Waals surface area contributed by atoms with Crippen LogP contribution in [0.3, 0.4) is 0 Å². The highest BCUT2D eigenvalue weighted by atomic mass is 16.5. The SMILES string of the molecule is Cc1ccc(C(C)(N)CC2CCOCC2)cc1. The standard InChI is InChI=1S/C15H23NO/c1-12-3-5-14(6-4-12)15(2,16)11-13-7-9-17-10-8-13/h3-6,13H,7-11,16H2,1-2H3. The van der Waals surface area contributed by atoms with Gasteiger partial charge in [-0.05, 0) is 44.6 Å². The molecule has 1 atom stereocenters. The summed E-state index contributed by atoms with van der Waals surface area (Å²) in [5.41, 5.74) is 8.80. The third-order valence-corrected chi connectivity index (χ3v) is 3.76. The topological polar surface area (TPSA) is 35.2 Å². The van der Waals surface area contributed by atoms with Crippen molar-refractivity contribution in [1.82, 2.24) is 0 Å². The van der Waals surface area contributed by atoms with Crippen LogP contribution in [0.1, 0.15) is 37.3 Å². The predicted molar refractivity (Wildman–Crippen MR) is 70.9 cm³/mol. The van der Waals surface area contributed by atoms with E-state index in [0.717, 1.165) is 32.5 Å². The molecule has 1 heterocycles. The lowest BCUT2D eigenvalue weighted by Crippen LogP contribution is -2.36. The summed E-state index contributed by atoms with van der Waals surface area (Å²) in [6, 6.07) is 8.61. The van der Waals surface area contributed by atoms with Crippen LogP contribution in [0, 0.1) is 12.8 Å². The summed E-state index contributed by atoms with van der Waals surface area (Å²) in [4.78, 5) is 0. The summed E-state index contributed by atoms with van der Waals surface area (Å²) in [5, 5.41) is 0. The van der Waals surface area contributed by atoms with E-state index in [1.54, 1.807) is 0 Å². The van der Waals surface area contributed by atoms with Crippen molar-refractivity contribution >= 4 is 0 Å². The first-order chi connectivity index (χ1) is 8.08. The van der Waals surface area contributed by atoms with Gasteiger partial charge in [-0.15, -0.1) is 0 Å². The molecule has 1 aromatic carbocycles. The maximum Gasteiger partial charge on any atom is 0.0468 e. The first-order valence-corrected chi connectivity index (χ1v) is 6.52. The van der Waals surface area contributed by atoms with E-state index in [1.807, 2.05) is 0 Å². The van der Waals surface area contributed by atoms with Crippen molar-refractivity contribution in [3.05, 3.63) is 35.4 Å². The lowest BCUT2D eigenvalue weighted by atomic mass is 9.81. The van der Waals surface area contributed by atoms with E-state index in [2.05, 4.69) is 38.1 Å². The molecule has 0 amide bonds. The Kier molecular flexibility index (Phi) is 3.85. The van der Waals surface area contributed by atoms with Crippen molar-refractivity contribution in [3.63, 3.8) is 0 Å². The number of benzene rings is 1. The average molecular weight is 233 g/mol. The first-order valence-electron chi connectivity index (χ1n) is 6.52. The van der Waals surface area contributed by atoms with Crippen LogP contribution in [-0.4, -0.2) is 13.2 Å². The highest BCUT2D eigenvalue weighted by Gasteiger charge is 2.26. The molecule has 0 aromatic heterocycles. The third-order valence-electron chi connectivity index (χ3n) is 3.76. The van der Waals surface area contributed by atoms with E-state index in [-0.39, 0.29) is 5.54 Å². The van der Waals surface area contributed by atoms with Crippen LogP contribution in [0.4, 0.5) is 0 Å². The molecule has 17 heavy (non-hydrogen) atoms. The second-order valence-corrected chi connectivity index (χ2v) is 5.54. The van der Waals surface area contributed by atoms with Gasteiger partial charge in [0.2, 0.25) is 0 Å². The highest BCUT2D eigenvalue weighted by Crippen LogP contribution is 2.30. The Morgan fingerprint density at radius 2 is 1.82 bits per heavy atom. The van der Waals surface area contributed by atoms with Crippen molar-refractivity contribution < 1.29 is 4.74 Å². The van der Waals surface area contributed by atoms with Crippen LogP contribution in [0.15, 0.2) is 24.3 Å². The summed E-state index contributed by atoms with van der Waals surface area (Å²) < 4.78 is 5.39. The molecule has 2 rings (SSSR count). The summed E-state index contributed by atoms with van der Waals surface area (Å²) in [6.45, 7) is 6.05. The molecule has 0 aliphatic carbocycles. The van der Waals surface area contributed by atoms with Crippen molar-refractivity contribution in [2.24, 2.45) is 11.7 Å². The maximum atomic E-state index is 6.48. The largest absolute Gasteiger partial charge is 0.381 e. The van der Waals surface area contributed by atoms with Gasteiger partial charge in [-0.2, -0.15) is 0 Å². The molecule has 2 N–H and O–H groups in total. The molecule has 1 aliphatic rings. The van der Waals surface area contributed by atoms with Gasteiger partial charge in [-0.25, -0.2) is 0 Å². The Morgan fingerprint density at radius 1 is 1.24 bits per heavy atom. The quantitative estimate of drug-likeness (QED) is 0.871. The molecule has 1 aromatic rings. The number of rotatable bonds is 3. The Morgan fingerprint density at radius 3 is 2.41 bits per heavy atom. The van der Waals surface area contributed by atoms with Crippen molar-refractivity contribution in [3.8, 4) is 0 Å². The molecule has 2 nitrogen and oxygen atoms in total. The molecule has 1 unspecified atom stereocenters. The van der Waals surface area contributed by atoms with Crippen LogP contribution in [0.25, 0.3) is 0 Å². The van der Waals surface area contributed by atoms with Gasteiger partial charge in [0.1, 0.15) is 0 Å². The van der Waals surface area contributed by atoms with Gasteiger partial charge in [0.15, 0.2) is 0 Å². The Hall–Kier alpha value is -0.860. The molecule has 2 heteroatoms. The summed E-state index contributed by atoms with van der Waals surface area (Å²) in [6.07, 6.45) is 3.36.